The van der Waals surface area contributed by atoms with Crippen LogP contribution >= 0.6 is 0 Å². The number of hydrogen-bond acceptors (Lipinski definition) is 3. The molecule has 1 aliphatic heterocycles. The second-order valence-electron chi connectivity index (χ2n) is 9.07. The number of carbonyl (C=O) groups excluding carboxylic acids is 1. The second-order valence-corrected chi connectivity index (χ2v) is 11.0. The lowest BCUT2D eigenvalue weighted by Gasteiger charge is -2.34. The number of nitrogens with zero attached hydrogens (tertiary/aromatic N) is 1. The molecule has 0 spiro atoms. The quantitative estimate of drug-likeness (QED) is 0.548. The fraction of sp³-hybridized carbons (Fsp3) is 0.296. The van der Waals surface area contributed by atoms with Crippen LogP contribution in [0.4, 0.5) is 5.69 Å². The van der Waals surface area contributed by atoms with E-state index in [0.29, 0.717) is 36.9 Å². The molecular formula is C27H30N2O3S. The number of hydrogen-bond donors (Lipinski definition) is 1. The Morgan fingerprint density at radius 3 is 2.15 bits per heavy atom. The summed E-state index contributed by atoms with van der Waals surface area (Å²) in [6.07, 6.45) is 1.75. The smallest absolute Gasteiger partial charge is 0.255 e. The molecule has 1 amide bonds. The zero-order chi connectivity index (χ0) is 23.4. The molecule has 0 radical (unpaired) electrons. The first-order valence-corrected chi connectivity index (χ1v) is 12.8. The molecule has 0 aromatic heterocycles. The molecule has 0 aliphatic carbocycles. The van der Waals surface area contributed by atoms with E-state index in [1.165, 1.54) is 12.1 Å². The number of piperidine rings is 1. The first-order chi connectivity index (χ1) is 15.8. The van der Waals surface area contributed by atoms with Crippen molar-refractivity contribution >= 4 is 21.6 Å². The predicted octanol–water partition coefficient (Wildman–Crippen LogP) is 5.20. The van der Waals surface area contributed by atoms with Crippen molar-refractivity contribution in [3.05, 3.63) is 95.6 Å². The van der Waals surface area contributed by atoms with Crippen molar-refractivity contribution in [3.63, 3.8) is 0 Å². The molecule has 1 aliphatic rings. The highest BCUT2D eigenvalue weighted by Crippen LogP contribution is 2.27. The average Bonchev–Trinajstić information content (AvgIpc) is 2.80. The number of carbonyl (C=O) groups is 1. The van der Waals surface area contributed by atoms with Gasteiger partial charge >= 0.3 is 0 Å². The Morgan fingerprint density at radius 1 is 0.879 bits per heavy atom. The number of amides is 1. The number of anilines is 1. The molecule has 4 rings (SSSR count). The Morgan fingerprint density at radius 2 is 1.48 bits per heavy atom. The van der Waals surface area contributed by atoms with E-state index in [1.807, 2.05) is 42.5 Å². The van der Waals surface area contributed by atoms with Gasteiger partial charge in [0.25, 0.3) is 5.91 Å². The molecule has 3 aromatic rings. The number of sulfonamides is 1. The normalized spacial score (nSPS) is 19.2. The van der Waals surface area contributed by atoms with E-state index in [4.69, 9.17) is 0 Å². The molecule has 0 bridgehead atoms. The van der Waals surface area contributed by atoms with Crippen LogP contribution in [-0.4, -0.2) is 31.7 Å². The summed E-state index contributed by atoms with van der Waals surface area (Å²) >= 11 is 0. The topological polar surface area (TPSA) is 66.5 Å². The van der Waals surface area contributed by atoms with Crippen LogP contribution in [0, 0.1) is 11.8 Å². The summed E-state index contributed by atoms with van der Waals surface area (Å²) in [5, 5.41) is 2.98. The maximum Gasteiger partial charge on any atom is 0.255 e. The van der Waals surface area contributed by atoms with Gasteiger partial charge in [-0.1, -0.05) is 62.4 Å². The van der Waals surface area contributed by atoms with Crippen LogP contribution < -0.4 is 5.32 Å². The van der Waals surface area contributed by atoms with Gasteiger partial charge in [-0.15, -0.1) is 0 Å². The van der Waals surface area contributed by atoms with Crippen LogP contribution in [0.15, 0.2) is 83.8 Å². The van der Waals surface area contributed by atoms with Gasteiger partial charge in [-0.2, -0.15) is 4.31 Å². The summed E-state index contributed by atoms with van der Waals surface area (Å²) < 4.78 is 27.8. The summed E-state index contributed by atoms with van der Waals surface area (Å²) in [7, 11) is -3.57. The van der Waals surface area contributed by atoms with E-state index in [1.54, 1.807) is 16.4 Å². The fourth-order valence-corrected chi connectivity index (χ4v) is 6.22. The van der Waals surface area contributed by atoms with Crippen LogP contribution in [0.5, 0.6) is 0 Å². The standard InChI is InChI=1S/C27H30N2O3S/c1-20-16-21(2)19-29(18-20)33(31,32)25-14-12-23(13-15-25)27(30)28-26-11-7-6-10-24(26)17-22-8-4-3-5-9-22/h3-15,20-21H,16-19H2,1-2H3,(H,28,30). The minimum Gasteiger partial charge on any atom is -0.322 e. The lowest BCUT2D eigenvalue weighted by molar-refractivity contribution is 0.102. The SMILES string of the molecule is CC1CC(C)CN(S(=O)(=O)c2ccc(C(=O)Nc3ccccc3Cc3ccccc3)cc2)C1. The van der Waals surface area contributed by atoms with Gasteiger partial charge in [-0.25, -0.2) is 8.42 Å². The molecule has 0 saturated carbocycles. The van der Waals surface area contributed by atoms with Crippen LogP contribution in [0.1, 0.15) is 41.8 Å². The second kappa shape index (κ2) is 9.89. The van der Waals surface area contributed by atoms with Gasteiger partial charge in [0.1, 0.15) is 0 Å². The molecule has 1 fully saturated rings. The highest BCUT2D eigenvalue weighted by Gasteiger charge is 2.31. The van der Waals surface area contributed by atoms with Crippen molar-refractivity contribution in [1.29, 1.82) is 0 Å². The Labute approximate surface area is 196 Å². The van der Waals surface area contributed by atoms with Crippen molar-refractivity contribution in [2.24, 2.45) is 11.8 Å². The summed E-state index contributed by atoms with van der Waals surface area (Å²) in [4.78, 5) is 13.1. The fourth-order valence-electron chi connectivity index (χ4n) is 4.54. The monoisotopic (exact) mass is 462 g/mol. The van der Waals surface area contributed by atoms with Gasteiger partial charge in [0.2, 0.25) is 10.0 Å². The van der Waals surface area contributed by atoms with Gasteiger partial charge in [-0.05, 0) is 66.1 Å². The van der Waals surface area contributed by atoms with Crippen LogP contribution in [0.2, 0.25) is 0 Å². The van der Waals surface area contributed by atoms with Gasteiger partial charge in [0, 0.05) is 24.3 Å². The third kappa shape index (κ3) is 5.52. The Kier molecular flexibility index (Phi) is 6.96. The molecule has 2 unspecified atom stereocenters. The molecule has 5 nitrogen and oxygen atoms in total. The molecule has 1 N–H and O–H groups in total. The highest BCUT2D eigenvalue weighted by molar-refractivity contribution is 7.89. The van der Waals surface area contributed by atoms with Gasteiger partial charge < -0.3 is 5.32 Å². The van der Waals surface area contributed by atoms with Crippen LogP contribution in [0.3, 0.4) is 0 Å². The first kappa shape index (κ1) is 23.2. The van der Waals surface area contributed by atoms with E-state index < -0.39 is 10.0 Å². The summed E-state index contributed by atoms with van der Waals surface area (Å²) in [5.41, 5.74) is 3.35. The maximum atomic E-state index is 13.1. The van der Waals surface area contributed by atoms with Gasteiger partial charge in [0.05, 0.1) is 4.90 Å². The van der Waals surface area contributed by atoms with Crippen molar-refractivity contribution in [3.8, 4) is 0 Å². The first-order valence-electron chi connectivity index (χ1n) is 11.4. The lowest BCUT2D eigenvalue weighted by atomic mass is 9.94. The van der Waals surface area contributed by atoms with Gasteiger partial charge in [0.15, 0.2) is 0 Å². The highest BCUT2D eigenvalue weighted by atomic mass is 32.2. The Bertz CT molecular complexity index is 1200. The van der Waals surface area contributed by atoms with Crippen molar-refractivity contribution < 1.29 is 13.2 Å². The third-order valence-corrected chi connectivity index (χ3v) is 7.94. The number of rotatable bonds is 6. The third-order valence-electron chi connectivity index (χ3n) is 6.09. The maximum absolute atomic E-state index is 13.1. The molecule has 6 heteroatoms. The van der Waals surface area contributed by atoms with Crippen LogP contribution in [0.25, 0.3) is 0 Å². The minimum atomic E-state index is -3.57. The Balaban J connectivity index is 1.48. The summed E-state index contributed by atoms with van der Waals surface area (Å²) in [5.74, 6) is 0.411. The molecular weight excluding hydrogens is 432 g/mol. The van der Waals surface area contributed by atoms with Crippen molar-refractivity contribution in [1.82, 2.24) is 4.31 Å². The van der Waals surface area contributed by atoms with Crippen LogP contribution in [-0.2, 0) is 16.4 Å². The number of benzene rings is 3. The largest absolute Gasteiger partial charge is 0.322 e. The molecule has 3 aromatic carbocycles. The lowest BCUT2D eigenvalue weighted by Crippen LogP contribution is -2.42. The van der Waals surface area contributed by atoms with E-state index in [9.17, 15) is 13.2 Å². The number of para-hydroxylation sites is 1. The molecule has 1 heterocycles. The van der Waals surface area contributed by atoms with Crippen molar-refractivity contribution in [2.75, 3.05) is 18.4 Å². The van der Waals surface area contributed by atoms with E-state index in [0.717, 1.165) is 23.2 Å². The zero-order valence-electron chi connectivity index (χ0n) is 19.1. The molecule has 1 saturated heterocycles. The van der Waals surface area contributed by atoms with Gasteiger partial charge in [-0.3, -0.25) is 4.79 Å². The van der Waals surface area contributed by atoms with E-state index in [-0.39, 0.29) is 10.8 Å². The zero-order valence-corrected chi connectivity index (χ0v) is 19.9. The summed E-state index contributed by atoms with van der Waals surface area (Å²) in [6.45, 7) is 5.24. The molecule has 2 atom stereocenters. The van der Waals surface area contributed by atoms with E-state index >= 15 is 0 Å². The van der Waals surface area contributed by atoms with Crippen molar-refractivity contribution in [2.45, 2.75) is 31.6 Å². The Hall–Kier alpha value is -2.96. The molecule has 33 heavy (non-hydrogen) atoms. The predicted molar refractivity (Wildman–Crippen MR) is 132 cm³/mol. The number of nitrogens with one attached hydrogen (secondary N) is 1. The molecule has 172 valence electrons. The minimum absolute atomic E-state index is 0.227. The summed E-state index contributed by atoms with van der Waals surface area (Å²) in [6, 6.07) is 24.0. The van der Waals surface area contributed by atoms with E-state index in [2.05, 4.69) is 31.3 Å². The average molecular weight is 463 g/mol.